The second-order valence-corrected chi connectivity index (χ2v) is 6.83. The van der Waals surface area contributed by atoms with Gasteiger partial charge in [0.1, 0.15) is 6.07 Å². The van der Waals surface area contributed by atoms with Crippen LogP contribution in [0.25, 0.3) is 11.3 Å². The number of Topliss-reactive ketones (excluding diaryl/α,β-unsaturated/α-hetero) is 1. The highest BCUT2D eigenvalue weighted by Gasteiger charge is 2.37. The molecule has 6 nitrogen and oxygen atoms in total. The Morgan fingerprint density at radius 2 is 1.58 bits per heavy atom. The summed E-state index contributed by atoms with van der Waals surface area (Å²) in [7, 11) is 0. The van der Waals surface area contributed by atoms with Crippen LogP contribution in [0.3, 0.4) is 0 Å². The van der Waals surface area contributed by atoms with Crippen LogP contribution in [0.5, 0.6) is 0 Å². The van der Waals surface area contributed by atoms with Crippen LogP contribution in [-0.2, 0) is 12.4 Å². The first-order valence-corrected chi connectivity index (χ1v) is 9.07. The van der Waals surface area contributed by atoms with Crippen LogP contribution in [0.2, 0.25) is 5.02 Å². The fraction of sp³-hybridized carbons (Fsp3) is 0.100. The average molecular weight is 487 g/mol. The zero-order valence-electron chi connectivity index (χ0n) is 15.9. The zero-order chi connectivity index (χ0) is 24.4. The maximum absolute atomic E-state index is 13.0. The van der Waals surface area contributed by atoms with Gasteiger partial charge in [0.25, 0.3) is 0 Å². The van der Waals surface area contributed by atoms with Crippen molar-refractivity contribution in [3.8, 4) is 17.4 Å². The van der Waals surface area contributed by atoms with Crippen molar-refractivity contribution >= 4 is 28.8 Å². The number of rotatable bonds is 5. The van der Waals surface area contributed by atoms with Crippen molar-refractivity contribution in [1.29, 1.82) is 5.26 Å². The van der Waals surface area contributed by atoms with Gasteiger partial charge in [0.15, 0.2) is 11.5 Å². The molecule has 13 heteroatoms. The molecular weight excluding hydrogens is 478 g/mol. The highest BCUT2D eigenvalue weighted by molar-refractivity contribution is 6.51. The summed E-state index contributed by atoms with van der Waals surface area (Å²) >= 11 is 5.79. The molecule has 170 valence electrons. The van der Waals surface area contributed by atoms with Crippen molar-refractivity contribution in [2.75, 3.05) is 5.43 Å². The van der Waals surface area contributed by atoms with Crippen molar-refractivity contribution in [2.24, 2.45) is 5.10 Å². The van der Waals surface area contributed by atoms with Crippen molar-refractivity contribution in [1.82, 2.24) is 5.16 Å². The van der Waals surface area contributed by atoms with E-state index >= 15 is 0 Å². The number of nitrogens with one attached hydrogen (secondary N) is 1. The van der Waals surface area contributed by atoms with Crippen molar-refractivity contribution in [3.05, 3.63) is 70.4 Å². The molecule has 1 heterocycles. The van der Waals surface area contributed by atoms with Gasteiger partial charge in [-0.3, -0.25) is 10.2 Å². The van der Waals surface area contributed by atoms with Gasteiger partial charge in [-0.2, -0.15) is 36.7 Å². The molecule has 0 amide bonds. The molecule has 0 fully saturated rings. The fourth-order valence-corrected chi connectivity index (χ4v) is 2.65. The van der Waals surface area contributed by atoms with Crippen LogP contribution in [0.1, 0.15) is 21.6 Å². The van der Waals surface area contributed by atoms with Crippen molar-refractivity contribution in [2.45, 2.75) is 12.4 Å². The molecule has 0 radical (unpaired) electrons. The van der Waals surface area contributed by atoms with E-state index in [1.54, 1.807) is 24.3 Å². The topological polar surface area (TPSA) is 91.3 Å². The summed E-state index contributed by atoms with van der Waals surface area (Å²) in [6.45, 7) is 0. The maximum Gasteiger partial charge on any atom is 0.416 e. The number of ketones is 1. The smallest absolute Gasteiger partial charge is 0.356 e. The summed E-state index contributed by atoms with van der Waals surface area (Å²) in [6, 6.07) is 9.49. The molecule has 0 bridgehead atoms. The lowest BCUT2D eigenvalue weighted by atomic mass is 10.1. The van der Waals surface area contributed by atoms with E-state index in [1.165, 1.54) is 12.1 Å². The predicted molar refractivity (Wildman–Crippen MR) is 104 cm³/mol. The van der Waals surface area contributed by atoms with Gasteiger partial charge in [0.2, 0.25) is 11.5 Å². The Labute approximate surface area is 186 Å². The van der Waals surface area contributed by atoms with Gasteiger partial charge in [0, 0.05) is 16.7 Å². The minimum Gasteiger partial charge on any atom is -0.356 e. The number of carbonyl (C=O) groups excluding carboxylic acids is 1. The summed E-state index contributed by atoms with van der Waals surface area (Å²) in [5, 5.41) is 16.5. The molecule has 0 aliphatic heterocycles. The Balaban J connectivity index is 1.88. The van der Waals surface area contributed by atoms with Gasteiger partial charge < -0.3 is 4.52 Å². The molecule has 3 aromatic rings. The number of anilines is 1. The molecule has 0 unspecified atom stereocenters. The molecule has 0 atom stereocenters. The van der Waals surface area contributed by atoms with Crippen LogP contribution in [0, 0.1) is 11.3 Å². The molecule has 0 aliphatic rings. The number of nitrogens with zero attached hydrogens (tertiary/aromatic N) is 3. The average Bonchev–Trinajstić information content (AvgIpc) is 3.23. The second kappa shape index (κ2) is 8.95. The Morgan fingerprint density at radius 3 is 2.09 bits per heavy atom. The van der Waals surface area contributed by atoms with Gasteiger partial charge in [-0.05, 0) is 42.5 Å². The van der Waals surface area contributed by atoms with Crippen LogP contribution >= 0.6 is 11.6 Å². The van der Waals surface area contributed by atoms with E-state index in [2.05, 4.69) is 10.3 Å². The van der Waals surface area contributed by atoms with E-state index in [1.807, 2.05) is 5.43 Å². The lowest BCUT2D eigenvalue weighted by Gasteiger charge is -2.13. The number of halogens is 7. The first kappa shape index (κ1) is 23.8. The molecule has 3 rings (SSSR count). The maximum atomic E-state index is 13.0. The summed E-state index contributed by atoms with van der Waals surface area (Å²) in [5.74, 6) is -0.926. The molecule has 1 aromatic heterocycles. The monoisotopic (exact) mass is 486 g/mol. The second-order valence-electron chi connectivity index (χ2n) is 6.39. The van der Waals surface area contributed by atoms with Crippen molar-refractivity contribution in [3.63, 3.8) is 0 Å². The molecule has 0 aliphatic carbocycles. The first-order chi connectivity index (χ1) is 15.4. The number of alkyl halides is 6. The van der Waals surface area contributed by atoms with Gasteiger partial charge in [-0.15, -0.1) is 0 Å². The lowest BCUT2D eigenvalue weighted by Crippen LogP contribution is -2.15. The minimum absolute atomic E-state index is 0.0705. The number of nitriles is 1. The molecule has 2 aromatic carbocycles. The van der Waals surface area contributed by atoms with Gasteiger partial charge in [0.05, 0.1) is 16.8 Å². The number of aromatic nitrogens is 1. The van der Waals surface area contributed by atoms with Gasteiger partial charge in [-0.25, -0.2) is 0 Å². The summed E-state index contributed by atoms with van der Waals surface area (Å²) < 4.78 is 82.7. The fourth-order valence-electron chi connectivity index (χ4n) is 2.52. The molecule has 1 N–H and O–H groups in total. The number of benzene rings is 2. The third-order valence-corrected chi connectivity index (χ3v) is 4.33. The first-order valence-electron chi connectivity index (χ1n) is 8.69. The van der Waals surface area contributed by atoms with E-state index in [9.17, 15) is 36.4 Å². The Morgan fingerprint density at radius 1 is 1.00 bits per heavy atom. The third kappa shape index (κ3) is 5.69. The van der Waals surface area contributed by atoms with Crippen LogP contribution in [-0.4, -0.2) is 16.7 Å². The Hall–Kier alpha value is -3.85. The van der Waals surface area contributed by atoms with Crippen molar-refractivity contribution < 1.29 is 35.7 Å². The van der Waals surface area contributed by atoms with Gasteiger partial charge >= 0.3 is 12.4 Å². The SMILES string of the molecule is N#CC(=NNc1cc(C(F)(F)F)cc(C(F)(F)F)c1)C(=O)c1cc(-c2ccc(Cl)cc2)on1. The third-order valence-electron chi connectivity index (χ3n) is 4.08. The van der Waals surface area contributed by atoms with E-state index in [4.69, 9.17) is 16.1 Å². The molecule has 0 spiro atoms. The highest BCUT2D eigenvalue weighted by Crippen LogP contribution is 2.37. The molecule has 33 heavy (non-hydrogen) atoms. The molecular formula is C20H9ClF6N4O2. The van der Waals surface area contributed by atoms with E-state index in [-0.39, 0.29) is 17.5 Å². The highest BCUT2D eigenvalue weighted by atomic mass is 35.5. The number of hydrazone groups is 1. The number of carbonyl (C=O) groups is 1. The standard InChI is InChI=1S/C20H9ClF6N4O2/c21-13-3-1-10(2-4-13)17-8-15(31-33-17)18(32)16(9-28)30-29-14-6-11(19(22,23)24)5-12(7-14)20(25,26)27/h1-8,29H. The van der Waals surface area contributed by atoms with Gasteiger partial charge in [-0.1, -0.05) is 16.8 Å². The largest absolute Gasteiger partial charge is 0.416 e. The Bertz CT molecular complexity index is 1230. The summed E-state index contributed by atoms with van der Waals surface area (Å²) in [5.41, 5.74) is -2.77. The van der Waals surface area contributed by atoms with Crippen LogP contribution in [0.15, 0.2) is 58.2 Å². The van der Waals surface area contributed by atoms with Crippen LogP contribution in [0.4, 0.5) is 32.0 Å². The minimum atomic E-state index is -5.08. The van der Waals surface area contributed by atoms with E-state index < -0.39 is 40.7 Å². The van der Waals surface area contributed by atoms with E-state index in [0.717, 1.165) is 0 Å². The Kier molecular flexibility index (Phi) is 6.46. The number of hydrogen-bond donors (Lipinski definition) is 1. The summed E-state index contributed by atoms with van der Waals surface area (Å²) in [6.07, 6.45) is -10.2. The zero-order valence-corrected chi connectivity index (χ0v) is 16.7. The van der Waals surface area contributed by atoms with Crippen LogP contribution < -0.4 is 5.43 Å². The predicted octanol–water partition coefficient (Wildman–Crippen LogP) is 6.21. The normalized spacial score (nSPS) is 12.4. The molecule has 0 saturated heterocycles. The van der Waals surface area contributed by atoms with E-state index in [0.29, 0.717) is 22.7 Å². The summed E-state index contributed by atoms with van der Waals surface area (Å²) in [4.78, 5) is 12.5. The quantitative estimate of drug-likeness (QED) is 0.200. The number of hydrogen-bond acceptors (Lipinski definition) is 6. The molecule has 0 saturated carbocycles. The lowest BCUT2D eigenvalue weighted by molar-refractivity contribution is -0.143.